The maximum atomic E-state index is 5.79. The van der Waals surface area contributed by atoms with Gasteiger partial charge in [0.1, 0.15) is 0 Å². The Hall–Kier alpha value is -0.0800. The first kappa shape index (κ1) is 15.3. The lowest BCUT2D eigenvalue weighted by Gasteiger charge is -2.34. The Kier molecular flexibility index (Phi) is 6.66. The Morgan fingerprint density at radius 3 is 2.79 bits per heavy atom. The van der Waals surface area contributed by atoms with Gasteiger partial charge in [-0.2, -0.15) is 0 Å². The van der Waals surface area contributed by atoms with E-state index >= 15 is 0 Å². The van der Waals surface area contributed by atoms with Crippen molar-refractivity contribution in [2.75, 3.05) is 13.2 Å². The summed E-state index contributed by atoms with van der Waals surface area (Å²) in [5, 5.41) is 3.83. The molecule has 0 radical (unpaired) electrons. The van der Waals surface area contributed by atoms with Crippen molar-refractivity contribution in [3.05, 3.63) is 0 Å². The van der Waals surface area contributed by atoms with Gasteiger partial charge in [0.05, 0.1) is 6.10 Å². The normalized spacial score (nSPS) is 33.5. The molecule has 0 spiro atoms. The van der Waals surface area contributed by atoms with E-state index in [-0.39, 0.29) is 0 Å². The lowest BCUT2D eigenvalue weighted by molar-refractivity contribution is 0.0943. The fourth-order valence-corrected chi connectivity index (χ4v) is 3.92. The summed E-state index contributed by atoms with van der Waals surface area (Å²) >= 11 is 0. The molecule has 1 aliphatic carbocycles. The molecule has 4 atom stereocenters. The molecule has 0 aromatic rings. The quantitative estimate of drug-likeness (QED) is 0.748. The van der Waals surface area contributed by atoms with Crippen molar-refractivity contribution >= 4 is 0 Å². The van der Waals surface area contributed by atoms with Crippen molar-refractivity contribution in [1.29, 1.82) is 0 Å². The van der Waals surface area contributed by atoms with Crippen LogP contribution in [0.3, 0.4) is 0 Å². The molecule has 1 N–H and O–H groups in total. The smallest absolute Gasteiger partial charge is 0.0576 e. The highest BCUT2D eigenvalue weighted by Gasteiger charge is 2.27. The van der Waals surface area contributed by atoms with Crippen LogP contribution >= 0.6 is 0 Å². The standard InChI is InChI=1S/C17H33NO/c1-3-11-18-17(10-9-16-8-5-12-19-16)15-7-4-6-14(2)13-15/h14-18H,3-13H2,1-2H3. The van der Waals surface area contributed by atoms with Gasteiger partial charge in [-0.1, -0.05) is 26.7 Å². The van der Waals surface area contributed by atoms with Gasteiger partial charge in [0.15, 0.2) is 0 Å². The van der Waals surface area contributed by atoms with Crippen molar-refractivity contribution in [3.8, 4) is 0 Å². The number of hydrogen-bond donors (Lipinski definition) is 1. The lowest BCUT2D eigenvalue weighted by atomic mass is 9.77. The molecule has 0 aromatic heterocycles. The first-order valence-electron chi connectivity index (χ1n) is 8.64. The largest absolute Gasteiger partial charge is 0.378 e. The minimum Gasteiger partial charge on any atom is -0.378 e. The van der Waals surface area contributed by atoms with E-state index in [2.05, 4.69) is 19.2 Å². The molecule has 2 rings (SSSR count). The minimum atomic E-state index is 0.562. The fourth-order valence-electron chi connectivity index (χ4n) is 3.92. The minimum absolute atomic E-state index is 0.562. The van der Waals surface area contributed by atoms with Crippen LogP contribution in [0.1, 0.15) is 71.6 Å². The third kappa shape index (κ3) is 5.07. The van der Waals surface area contributed by atoms with Gasteiger partial charge in [0.2, 0.25) is 0 Å². The zero-order chi connectivity index (χ0) is 13.5. The molecule has 1 heterocycles. The average Bonchev–Trinajstić information content (AvgIpc) is 2.92. The van der Waals surface area contributed by atoms with E-state index < -0.39 is 0 Å². The molecule has 2 heteroatoms. The van der Waals surface area contributed by atoms with Crippen LogP contribution in [0.5, 0.6) is 0 Å². The Balaban J connectivity index is 1.79. The third-order valence-electron chi connectivity index (χ3n) is 5.03. The van der Waals surface area contributed by atoms with Gasteiger partial charge in [-0.05, 0) is 63.3 Å². The van der Waals surface area contributed by atoms with Crippen LogP contribution in [0, 0.1) is 11.8 Å². The van der Waals surface area contributed by atoms with Gasteiger partial charge in [-0.25, -0.2) is 0 Å². The molecule has 0 aromatic carbocycles. The van der Waals surface area contributed by atoms with Crippen LogP contribution in [-0.2, 0) is 4.74 Å². The van der Waals surface area contributed by atoms with Gasteiger partial charge in [-0.15, -0.1) is 0 Å². The molecule has 2 nitrogen and oxygen atoms in total. The Labute approximate surface area is 119 Å². The predicted octanol–water partition coefficient (Wildman–Crippen LogP) is 4.14. The van der Waals surface area contributed by atoms with E-state index in [0.717, 1.165) is 24.5 Å². The maximum absolute atomic E-state index is 5.79. The van der Waals surface area contributed by atoms with E-state index in [9.17, 15) is 0 Å². The van der Waals surface area contributed by atoms with E-state index in [4.69, 9.17) is 4.74 Å². The zero-order valence-corrected chi connectivity index (χ0v) is 13.0. The highest BCUT2D eigenvalue weighted by molar-refractivity contribution is 4.82. The molecule has 4 unspecified atom stereocenters. The van der Waals surface area contributed by atoms with Gasteiger partial charge in [0, 0.05) is 12.6 Å². The van der Waals surface area contributed by atoms with Crippen molar-refractivity contribution < 1.29 is 4.74 Å². The van der Waals surface area contributed by atoms with Gasteiger partial charge in [0.25, 0.3) is 0 Å². The van der Waals surface area contributed by atoms with Gasteiger partial charge < -0.3 is 10.1 Å². The predicted molar refractivity (Wildman–Crippen MR) is 81.4 cm³/mol. The number of rotatable bonds is 7. The first-order valence-corrected chi connectivity index (χ1v) is 8.64. The summed E-state index contributed by atoms with van der Waals surface area (Å²) in [4.78, 5) is 0. The number of ether oxygens (including phenoxy) is 1. The van der Waals surface area contributed by atoms with Gasteiger partial charge >= 0.3 is 0 Å². The van der Waals surface area contributed by atoms with Crippen LogP contribution in [0.25, 0.3) is 0 Å². The zero-order valence-electron chi connectivity index (χ0n) is 13.0. The van der Waals surface area contributed by atoms with Crippen molar-refractivity contribution in [1.82, 2.24) is 5.32 Å². The average molecular weight is 267 g/mol. The van der Waals surface area contributed by atoms with E-state index in [1.165, 1.54) is 64.3 Å². The van der Waals surface area contributed by atoms with E-state index in [1.54, 1.807) is 0 Å². The van der Waals surface area contributed by atoms with E-state index in [0.29, 0.717) is 6.10 Å². The topological polar surface area (TPSA) is 21.3 Å². The molecule has 1 saturated heterocycles. The Morgan fingerprint density at radius 1 is 1.21 bits per heavy atom. The Bertz CT molecular complexity index is 237. The molecule has 1 saturated carbocycles. The summed E-state index contributed by atoms with van der Waals surface area (Å²) in [6.07, 6.45) is 12.7. The fraction of sp³-hybridized carbons (Fsp3) is 1.00. The molecular weight excluding hydrogens is 234 g/mol. The van der Waals surface area contributed by atoms with E-state index in [1.807, 2.05) is 0 Å². The van der Waals surface area contributed by atoms with Crippen LogP contribution in [0.4, 0.5) is 0 Å². The number of nitrogens with one attached hydrogen (secondary N) is 1. The summed E-state index contributed by atoms with van der Waals surface area (Å²) in [5.41, 5.74) is 0. The SMILES string of the molecule is CCCNC(CCC1CCCO1)C1CCCC(C)C1. The van der Waals surface area contributed by atoms with Crippen LogP contribution in [0.15, 0.2) is 0 Å². The molecule has 2 aliphatic rings. The second-order valence-electron chi connectivity index (χ2n) is 6.80. The highest BCUT2D eigenvalue weighted by atomic mass is 16.5. The summed E-state index contributed by atoms with van der Waals surface area (Å²) in [6, 6.07) is 0.742. The van der Waals surface area contributed by atoms with Crippen molar-refractivity contribution in [2.24, 2.45) is 11.8 Å². The third-order valence-corrected chi connectivity index (χ3v) is 5.03. The number of hydrogen-bond acceptors (Lipinski definition) is 2. The molecule has 112 valence electrons. The van der Waals surface area contributed by atoms with Crippen molar-refractivity contribution in [2.45, 2.75) is 83.8 Å². The molecule has 0 amide bonds. The van der Waals surface area contributed by atoms with Crippen LogP contribution in [-0.4, -0.2) is 25.3 Å². The second-order valence-corrected chi connectivity index (χ2v) is 6.80. The monoisotopic (exact) mass is 267 g/mol. The summed E-state index contributed by atoms with van der Waals surface area (Å²) in [6.45, 7) is 6.88. The first-order chi connectivity index (χ1) is 9.29. The summed E-state index contributed by atoms with van der Waals surface area (Å²) < 4.78 is 5.79. The molecule has 0 bridgehead atoms. The Morgan fingerprint density at radius 2 is 2.11 bits per heavy atom. The highest BCUT2D eigenvalue weighted by Crippen LogP contribution is 2.33. The molecule has 1 aliphatic heterocycles. The van der Waals surface area contributed by atoms with Gasteiger partial charge in [-0.3, -0.25) is 0 Å². The lowest BCUT2D eigenvalue weighted by Crippen LogP contribution is -2.39. The molecule has 19 heavy (non-hydrogen) atoms. The molecule has 2 fully saturated rings. The van der Waals surface area contributed by atoms with Crippen molar-refractivity contribution in [3.63, 3.8) is 0 Å². The van der Waals surface area contributed by atoms with Crippen LogP contribution < -0.4 is 5.32 Å². The second kappa shape index (κ2) is 8.26. The van der Waals surface area contributed by atoms with Crippen LogP contribution in [0.2, 0.25) is 0 Å². The summed E-state index contributed by atoms with van der Waals surface area (Å²) in [7, 11) is 0. The summed E-state index contributed by atoms with van der Waals surface area (Å²) in [5.74, 6) is 1.85. The molecular formula is C17H33NO. The maximum Gasteiger partial charge on any atom is 0.0576 e.